The zero-order chi connectivity index (χ0) is 12.3. The molecule has 0 radical (unpaired) electrons. The van der Waals surface area contributed by atoms with Gasteiger partial charge in [-0.3, -0.25) is 5.41 Å². The van der Waals surface area contributed by atoms with Crippen molar-refractivity contribution >= 4 is 28.4 Å². The van der Waals surface area contributed by atoms with Gasteiger partial charge in [-0.05, 0) is 22.9 Å². The lowest BCUT2D eigenvalue weighted by atomic mass is 10.1. The molecule has 3 heteroatoms. The van der Waals surface area contributed by atoms with Crippen molar-refractivity contribution in [1.29, 1.82) is 5.41 Å². The summed E-state index contributed by atoms with van der Waals surface area (Å²) in [6.07, 6.45) is 0. The van der Waals surface area contributed by atoms with Crippen molar-refractivity contribution in [3.63, 3.8) is 0 Å². The Labute approximate surface area is 106 Å². The van der Waals surface area contributed by atoms with E-state index >= 15 is 0 Å². The minimum absolute atomic E-state index is 0.131. The molecule has 0 saturated heterocycles. The zero-order valence-electron chi connectivity index (χ0n) is 9.81. The van der Waals surface area contributed by atoms with Gasteiger partial charge < -0.3 is 5.73 Å². The summed E-state index contributed by atoms with van der Waals surface area (Å²) in [5.74, 6) is 1.25. The molecular formula is C14H16N2S. The van der Waals surface area contributed by atoms with Gasteiger partial charge in [0.25, 0.3) is 0 Å². The summed E-state index contributed by atoms with van der Waals surface area (Å²) in [5.41, 5.74) is 5.46. The standard InChI is InChI=1S/C14H16N2S/c1-10(14(15)16)9-17-13-7-6-11-4-2-3-5-12(11)8-13/h2-8,10H,9H2,1H3,(H3,15,16). The van der Waals surface area contributed by atoms with E-state index in [1.807, 2.05) is 13.0 Å². The molecule has 17 heavy (non-hydrogen) atoms. The Morgan fingerprint density at radius 3 is 2.65 bits per heavy atom. The van der Waals surface area contributed by atoms with Crippen molar-refractivity contribution in [3.05, 3.63) is 42.5 Å². The highest BCUT2D eigenvalue weighted by molar-refractivity contribution is 7.99. The first-order chi connectivity index (χ1) is 8.16. The highest BCUT2D eigenvalue weighted by atomic mass is 32.2. The van der Waals surface area contributed by atoms with Gasteiger partial charge in [0.1, 0.15) is 0 Å². The quantitative estimate of drug-likeness (QED) is 0.491. The number of thioether (sulfide) groups is 1. The molecule has 0 saturated carbocycles. The van der Waals surface area contributed by atoms with Crippen LogP contribution in [-0.2, 0) is 0 Å². The first-order valence-corrected chi connectivity index (χ1v) is 6.61. The number of amidine groups is 1. The van der Waals surface area contributed by atoms with Crippen molar-refractivity contribution in [2.24, 2.45) is 11.7 Å². The number of nitrogens with one attached hydrogen (secondary N) is 1. The van der Waals surface area contributed by atoms with Gasteiger partial charge in [-0.15, -0.1) is 11.8 Å². The number of benzene rings is 2. The van der Waals surface area contributed by atoms with Gasteiger partial charge in [0.2, 0.25) is 0 Å². The first kappa shape index (κ1) is 12.0. The van der Waals surface area contributed by atoms with Crippen molar-refractivity contribution in [2.45, 2.75) is 11.8 Å². The Kier molecular flexibility index (Phi) is 3.69. The van der Waals surface area contributed by atoms with Crippen LogP contribution in [0.2, 0.25) is 0 Å². The summed E-state index contributed by atoms with van der Waals surface area (Å²) < 4.78 is 0. The maximum atomic E-state index is 7.36. The second-order valence-corrected chi connectivity index (χ2v) is 5.27. The van der Waals surface area contributed by atoms with Crippen LogP contribution in [0.5, 0.6) is 0 Å². The Bertz CT molecular complexity index is 536. The van der Waals surface area contributed by atoms with Crippen LogP contribution in [0, 0.1) is 11.3 Å². The van der Waals surface area contributed by atoms with E-state index < -0.39 is 0 Å². The normalized spacial score (nSPS) is 12.5. The van der Waals surface area contributed by atoms with E-state index in [-0.39, 0.29) is 11.8 Å². The molecule has 2 aromatic carbocycles. The maximum Gasteiger partial charge on any atom is 0.0942 e. The molecule has 3 N–H and O–H groups in total. The summed E-state index contributed by atoms with van der Waals surface area (Å²) in [7, 11) is 0. The van der Waals surface area contributed by atoms with Crippen LogP contribution in [0.1, 0.15) is 6.92 Å². The number of fused-ring (bicyclic) bond motifs is 1. The molecule has 0 aliphatic rings. The maximum absolute atomic E-state index is 7.36. The minimum atomic E-state index is 0.131. The topological polar surface area (TPSA) is 49.9 Å². The average molecular weight is 244 g/mol. The van der Waals surface area contributed by atoms with Crippen LogP contribution in [0.4, 0.5) is 0 Å². The molecular weight excluding hydrogens is 228 g/mol. The van der Waals surface area contributed by atoms with Crippen LogP contribution in [0.25, 0.3) is 10.8 Å². The summed E-state index contributed by atoms with van der Waals surface area (Å²) in [5, 5.41) is 9.88. The first-order valence-electron chi connectivity index (χ1n) is 5.62. The second kappa shape index (κ2) is 5.23. The van der Waals surface area contributed by atoms with Crippen LogP contribution in [0.3, 0.4) is 0 Å². The SMILES string of the molecule is CC(CSc1ccc2ccccc2c1)C(=N)N. The molecule has 1 atom stereocenters. The molecule has 0 aliphatic carbocycles. The van der Waals surface area contributed by atoms with E-state index in [9.17, 15) is 0 Å². The van der Waals surface area contributed by atoms with Gasteiger partial charge in [0.15, 0.2) is 0 Å². The zero-order valence-corrected chi connectivity index (χ0v) is 10.6. The van der Waals surface area contributed by atoms with Gasteiger partial charge in [-0.2, -0.15) is 0 Å². The molecule has 2 aromatic rings. The van der Waals surface area contributed by atoms with Crippen molar-refractivity contribution in [3.8, 4) is 0 Å². The third-order valence-electron chi connectivity index (χ3n) is 2.75. The molecule has 1 unspecified atom stereocenters. The van der Waals surface area contributed by atoms with E-state index in [0.717, 1.165) is 5.75 Å². The van der Waals surface area contributed by atoms with Gasteiger partial charge in [-0.25, -0.2) is 0 Å². The van der Waals surface area contributed by atoms with E-state index in [2.05, 4.69) is 36.4 Å². The number of rotatable bonds is 4. The molecule has 2 rings (SSSR count). The Morgan fingerprint density at radius 2 is 1.94 bits per heavy atom. The Hall–Kier alpha value is -1.48. The predicted octanol–water partition coefficient (Wildman–Crippen LogP) is 3.50. The van der Waals surface area contributed by atoms with Crippen LogP contribution in [-0.4, -0.2) is 11.6 Å². The van der Waals surface area contributed by atoms with Crippen LogP contribution in [0.15, 0.2) is 47.4 Å². The molecule has 0 amide bonds. The lowest BCUT2D eigenvalue weighted by molar-refractivity contribution is 0.879. The summed E-state index contributed by atoms with van der Waals surface area (Å²) in [6, 6.07) is 14.8. The Morgan fingerprint density at radius 1 is 1.24 bits per heavy atom. The molecule has 0 spiro atoms. The van der Waals surface area contributed by atoms with E-state index in [4.69, 9.17) is 11.1 Å². The van der Waals surface area contributed by atoms with Crippen LogP contribution >= 0.6 is 11.8 Å². The molecule has 88 valence electrons. The minimum Gasteiger partial charge on any atom is -0.387 e. The smallest absolute Gasteiger partial charge is 0.0942 e. The van der Waals surface area contributed by atoms with Gasteiger partial charge in [-0.1, -0.05) is 37.3 Å². The van der Waals surface area contributed by atoms with Gasteiger partial charge in [0.05, 0.1) is 5.84 Å². The molecule has 0 heterocycles. The predicted molar refractivity (Wildman–Crippen MR) is 75.8 cm³/mol. The molecule has 0 aromatic heterocycles. The van der Waals surface area contributed by atoms with E-state index in [0.29, 0.717) is 0 Å². The third-order valence-corrected chi connectivity index (χ3v) is 4.01. The number of nitrogens with two attached hydrogens (primary N) is 1. The fraction of sp³-hybridized carbons (Fsp3) is 0.214. The highest BCUT2D eigenvalue weighted by Gasteiger charge is 2.06. The van der Waals surface area contributed by atoms with Crippen LogP contribution < -0.4 is 5.73 Å². The largest absolute Gasteiger partial charge is 0.387 e. The number of hydrogen-bond donors (Lipinski definition) is 2. The van der Waals surface area contributed by atoms with Crippen molar-refractivity contribution < 1.29 is 0 Å². The molecule has 0 bridgehead atoms. The summed E-state index contributed by atoms with van der Waals surface area (Å²) in [6.45, 7) is 1.98. The monoisotopic (exact) mass is 244 g/mol. The molecule has 0 aliphatic heterocycles. The van der Waals surface area contributed by atoms with E-state index in [1.54, 1.807) is 11.8 Å². The number of hydrogen-bond acceptors (Lipinski definition) is 2. The summed E-state index contributed by atoms with van der Waals surface area (Å²) in [4.78, 5) is 1.23. The second-order valence-electron chi connectivity index (χ2n) is 4.18. The third kappa shape index (κ3) is 3.01. The van der Waals surface area contributed by atoms with Crippen molar-refractivity contribution in [1.82, 2.24) is 0 Å². The van der Waals surface area contributed by atoms with Gasteiger partial charge in [0, 0.05) is 16.6 Å². The van der Waals surface area contributed by atoms with Gasteiger partial charge >= 0.3 is 0 Å². The average Bonchev–Trinajstić information content (AvgIpc) is 2.35. The highest BCUT2D eigenvalue weighted by Crippen LogP contribution is 2.25. The molecule has 2 nitrogen and oxygen atoms in total. The van der Waals surface area contributed by atoms with E-state index in [1.165, 1.54) is 15.7 Å². The summed E-state index contributed by atoms with van der Waals surface area (Å²) >= 11 is 1.75. The molecule has 0 fully saturated rings. The van der Waals surface area contributed by atoms with Crippen molar-refractivity contribution in [2.75, 3.05) is 5.75 Å². The lowest BCUT2D eigenvalue weighted by Gasteiger charge is -2.09. The lowest BCUT2D eigenvalue weighted by Crippen LogP contribution is -2.21. The Balaban J connectivity index is 2.12. The fourth-order valence-corrected chi connectivity index (χ4v) is 2.56. The fourth-order valence-electron chi connectivity index (χ4n) is 1.57.